The Balaban J connectivity index is 1.82. The summed E-state index contributed by atoms with van der Waals surface area (Å²) in [6.45, 7) is 5.34. The molecule has 0 spiro atoms. The molecular formula is C14H21ClN2O2. The molecule has 0 aliphatic carbocycles. The number of nitrogens with zero attached hydrogens (tertiary/aromatic N) is 2. The molecule has 1 saturated heterocycles. The van der Waals surface area contributed by atoms with Gasteiger partial charge in [0, 0.05) is 44.3 Å². The Morgan fingerprint density at radius 2 is 1.84 bits per heavy atom. The number of piperazine rings is 1. The fraction of sp³-hybridized carbons (Fsp3) is 0.571. The van der Waals surface area contributed by atoms with E-state index in [9.17, 15) is 5.11 Å². The summed E-state index contributed by atoms with van der Waals surface area (Å²) in [4.78, 5) is 4.49. The van der Waals surface area contributed by atoms with Crippen molar-refractivity contribution in [3.63, 3.8) is 0 Å². The second kappa shape index (κ2) is 7.22. The number of rotatable bonds is 5. The van der Waals surface area contributed by atoms with Gasteiger partial charge in [-0.25, -0.2) is 0 Å². The van der Waals surface area contributed by atoms with Crippen LogP contribution in [0, 0.1) is 0 Å². The summed E-state index contributed by atoms with van der Waals surface area (Å²) in [5.74, 6) is 0. The zero-order valence-electron chi connectivity index (χ0n) is 11.0. The van der Waals surface area contributed by atoms with E-state index in [1.807, 2.05) is 24.3 Å². The summed E-state index contributed by atoms with van der Waals surface area (Å²) >= 11 is 5.93. The summed E-state index contributed by atoms with van der Waals surface area (Å²) in [6, 6.07) is 7.39. The summed E-state index contributed by atoms with van der Waals surface area (Å²) in [5.41, 5.74) is 0.866. The van der Waals surface area contributed by atoms with E-state index in [1.165, 1.54) is 0 Å². The van der Waals surface area contributed by atoms with Gasteiger partial charge < -0.3 is 10.2 Å². The lowest BCUT2D eigenvalue weighted by Crippen LogP contribution is -2.48. The topological polar surface area (TPSA) is 46.9 Å². The normalized spacial score (nSPS) is 19.5. The third-order valence-corrected chi connectivity index (χ3v) is 3.78. The van der Waals surface area contributed by atoms with Crippen LogP contribution in [0.25, 0.3) is 0 Å². The largest absolute Gasteiger partial charge is 0.395 e. The Hall–Kier alpha value is -0.650. The van der Waals surface area contributed by atoms with Gasteiger partial charge in [0.1, 0.15) is 0 Å². The highest BCUT2D eigenvalue weighted by Crippen LogP contribution is 2.19. The van der Waals surface area contributed by atoms with Gasteiger partial charge in [0.2, 0.25) is 0 Å². The Bertz CT molecular complexity index is 395. The van der Waals surface area contributed by atoms with Crippen molar-refractivity contribution in [1.82, 2.24) is 9.80 Å². The van der Waals surface area contributed by atoms with Gasteiger partial charge in [-0.1, -0.05) is 23.7 Å². The molecule has 0 bridgehead atoms. The lowest BCUT2D eigenvalue weighted by atomic mass is 10.1. The number of aliphatic hydroxyl groups excluding tert-OH is 2. The molecule has 106 valence electrons. The summed E-state index contributed by atoms with van der Waals surface area (Å²) in [5, 5.41) is 19.8. The Morgan fingerprint density at radius 1 is 1.16 bits per heavy atom. The SMILES string of the molecule is OCCN1CCN(CC(O)c2cccc(Cl)c2)CC1. The van der Waals surface area contributed by atoms with Gasteiger partial charge in [-0.2, -0.15) is 0 Å². The number of hydrogen-bond donors (Lipinski definition) is 2. The fourth-order valence-electron chi connectivity index (χ4n) is 2.40. The van der Waals surface area contributed by atoms with Crippen LogP contribution in [0.15, 0.2) is 24.3 Å². The van der Waals surface area contributed by atoms with Gasteiger partial charge in [0.05, 0.1) is 12.7 Å². The molecule has 0 aromatic heterocycles. The molecule has 1 fully saturated rings. The first-order chi connectivity index (χ1) is 9.19. The van der Waals surface area contributed by atoms with Crippen LogP contribution in [-0.2, 0) is 0 Å². The summed E-state index contributed by atoms with van der Waals surface area (Å²) in [6.07, 6.45) is -0.497. The van der Waals surface area contributed by atoms with Crippen molar-refractivity contribution in [2.75, 3.05) is 45.9 Å². The van der Waals surface area contributed by atoms with E-state index in [-0.39, 0.29) is 6.61 Å². The molecular weight excluding hydrogens is 264 g/mol. The molecule has 0 amide bonds. The van der Waals surface area contributed by atoms with Gasteiger partial charge >= 0.3 is 0 Å². The van der Waals surface area contributed by atoms with Crippen molar-refractivity contribution in [3.05, 3.63) is 34.9 Å². The van der Waals surface area contributed by atoms with Crippen molar-refractivity contribution in [3.8, 4) is 0 Å². The Kier molecular flexibility index (Phi) is 5.60. The van der Waals surface area contributed by atoms with Crippen molar-refractivity contribution < 1.29 is 10.2 Å². The smallest absolute Gasteiger partial charge is 0.0917 e. The standard InChI is InChI=1S/C14H21ClN2O2/c15-13-3-1-2-12(10-13)14(19)11-17-6-4-16(5-7-17)8-9-18/h1-3,10,14,18-19H,4-9,11H2. The minimum Gasteiger partial charge on any atom is -0.395 e. The number of aliphatic hydroxyl groups is 2. The van der Waals surface area contributed by atoms with Crippen LogP contribution in [0.1, 0.15) is 11.7 Å². The molecule has 1 aromatic rings. The maximum absolute atomic E-state index is 10.2. The van der Waals surface area contributed by atoms with Crippen LogP contribution >= 0.6 is 11.6 Å². The van der Waals surface area contributed by atoms with Crippen LogP contribution in [0.3, 0.4) is 0 Å². The minimum atomic E-state index is -0.497. The zero-order chi connectivity index (χ0) is 13.7. The van der Waals surface area contributed by atoms with Crippen LogP contribution < -0.4 is 0 Å². The monoisotopic (exact) mass is 284 g/mol. The fourth-order valence-corrected chi connectivity index (χ4v) is 2.60. The number of β-amino-alcohol motifs (C(OH)–C–C–N with tert-alkyl or cyclic N) is 2. The first-order valence-electron chi connectivity index (χ1n) is 6.68. The molecule has 1 aliphatic rings. The van der Waals surface area contributed by atoms with E-state index >= 15 is 0 Å². The predicted molar refractivity (Wildman–Crippen MR) is 76.4 cm³/mol. The van der Waals surface area contributed by atoms with Crippen LogP contribution in [0.4, 0.5) is 0 Å². The third kappa shape index (κ3) is 4.44. The van der Waals surface area contributed by atoms with Crippen LogP contribution in [0.5, 0.6) is 0 Å². The van der Waals surface area contributed by atoms with Crippen molar-refractivity contribution in [2.24, 2.45) is 0 Å². The molecule has 4 nitrogen and oxygen atoms in total. The average Bonchev–Trinajstić information content (AvgIpc) is 2.41. The first kappa shape index (κ1) is 14.8. The van der Waals surface area contributed by atoms with E-state index in [4.69, 9.17) is 16.7 Å². The molecule has 1 unspecified atom stereocenters. The number of benzene rings is 1. The molecule has 1 aliphatic heterocycles. The maximum Gasteiger partial charge on any atom is 0.0917 e. The molecule has 19 heavy (non-hydrogen) atoms. The molecule has 0 radical (unpaired) electrons. The quantitative estimate of drug-likeness (QED) is 0.846. The summed E-state index contributed by atoms with van der Waals surface area (Å²) in [7, 11) is 0. The van der Waals surface area contributed by atoms with Crippen molar-refractivity contribution >= 4 is 11.6 Å². The van der Waals surface area contributed by atoms with E-state index < -0.39 is 6.10 Å². The molecule has 1 heterocycles. The predicted octanol–water partition coefficient (Wildman–Crippen LogP) is 0.983. The minimum absolute atomic E-state index is 0.213. The van der Waals surface area contributed by atoms with Gasteiger partial charge in [0.25, 0.3) is 0 Å². The van der Waals surface area contributed by atoms with Crippen LogP contribution in [0.2, 0.25) is 5.02 Å². The Morgan fingerprint density at radius 3 is 2.47 bits per heavy atom. The molecule has 1 aromatic carbocycles. The highest BCUT2D eigenvalue weighted by atomic mass is 35.5. The van der Waals surface area contributed by atoms with Crippen LogP contribution in [-0.4, -0.2) is 65.9 Å². The van der Waals surface area contributed by atoms with Gasteiger partial charge in [-0.15, -0.1) is 0 Å². The van der Waals surface area contributed by atoms with E-state index in [1.54, 1.807) is 0 Å². The molecule has 1 atom stereocenters. The highest BCUT2D eigenvalue weighted by Gasteiger charge is 2.19. The molecule has 2 rings (SSSR count). The average molecular weight is 285 g/mol. The number of halogens is 1. The van der Waals surface area contributed by atoms with Crippen molar-refractivity contribution in [1.29, 1.82) is 0 Å². The van der Waals surface area contributed by atoms with Gasteiger partial charge in [-0.3, -0.25) is 9.80 Å². The first-order valence-corrected chi connectivity index (χ1v) is 7.06. The molecule has 2 N–H and O–H groups in total. The van der Waals surface area contributed by atoms with Gasteiger partial charge in [-0.05, 0) is 17.7 Å². The lowest BCUT2D eigenvalue weighted by Gasteiger charge is -2.35. The highest BCUT2D eigenvalue weighted by molar-refractivity contribution is 6.30. The second-order valence-electron chi connectivity index (χ2n) is 4.94. The second-order valence-corrected chi connectivity index (χ2v) is 5.37. The van der Waals surface area contributed by atoms with E-state index in [2.05, 4.69) is 9.80 Å². The molecule has 5 heteroatoms. The lowest BCUT2D eigenvalue weighted by molar-refractivity contribution is 0.0661. The maximum atomic E-state index is 10.2. The van der Waals surface area contributed by atoms with Crippen molar-refractivity contribution in [2.45, 2.75) is 6.10 Å². The zero-order valence-corrected chi connectivity index (χ0v) is 11.8. The summed E-state index contributed by atoms with van der Waals surface area (Å²) < 4.78 is 0. The van der Waals surface area contributed by atoms with E-state index in [0.29, 0.717) is 11.6 Å². The third-order valence-electron chi connectivity index (χ3n) is 3.55. The molecule has 0 saturated carbocycles. The number of hydrogen-bond acceptors (Lipinski definition) is 4. The van der Waals surface area contributed by atoms with Gasteiger partial charge in [0.15, 0.2) is 0 Å². The Labute approximate surface area is 119 Å². The van der Waals surface area contributed by atoms with E-state index in [0.717, 1.165) is 38.3 Å².